The molecule has 3 N–H and O–H groups in total. The van der Waals surface area contributed by atoms with E-state index in [9.17, 15) is 4.79 Å². The number of benzene rings is 1. The highest BCUT2D eigenvalue weighted by Gasteiger charge is 2.22. The second-order valence-electron chi connectivity index (χ2n) is 6.73. The minimum Gasteiger partial charge on any atom is -0.361 e. The minimum atomic E-state index is -0.0257. The van der Waals surface area contributed by atoms with Crippen LogP contribution in [-0.4, -0.2) is 46.9 Å². The standard InChI is InChI=1S/C19H24N6O/c1-13-18(19(24(2)23-13)25-9-7-20-8-10-25)22-17(26)11-14-12-21-16-6-4-3-5-15(14)16/h3-6,12,20-21H,7-11H2,1-2H3,(H,22,26). The van der Waals surface area contributed by atoms with Crippen molar-refractivity contribution in [2.24, 2.45) is 7.05 Å². The second-order valence-corrected chi connectivity index (χ2v) is 6.73. The monoisotopic (exact) mass is 352 g/mol. The topological polar surface area (TPSA) is 78.0 Å². The first-order chi connectivity index (χ1) is 12.6. The fraction of sp³-hybridized carbons (Fsp3) is 0.368. The van der Waals surface area contributed by atoms with Crippen LogP contribution >= 0.6 is 0 Å². The summed E-state index contributed by atoms with van der Waals surface area (Å²) >= 11 is 0. The molecule has 0 unspecified atom stereocenters. The highest BCUT2D eigenvalue weighted by molar-refractivity contribution is 5.98. The number of hydrogen-bond acceptors (Lipinski definition) is 4. The maximum absolute atomic E-state index is 12.7. The van der Waals surface area contributed by atoms with Crippen molar-refractivity contribution in [3.05, 3.63) is 41.7 Å². The number of fused-ring (bicyclic) bond motifs is 1. The molecule has 3 aromatic rings. The summed E-state index contributed by atoms with van der Waals surface area (Å²) in [6.45, 7) is 5.63. The molecule has 2 aromatic heterocycles. The van der Waals surface area contributed by atoms with Crippen LogP contribution in [0.5, 0.6) is 0 Å². The van der Waals surface area contributed by atoms with Gasteiger partial charge in [0.25, 0.3) is 0 Å². The highest BCUT2D eigenvalue weighted by atomic mass is 16.1. The van der Waals surface area contributed by atoms with E-state index >= 15 is 0 Å². The SMILES string of the molecule is Cc1nn(C)c(N2CCNCC2)c1NC(=O)Cc1c[nH]c2ccccc12. The summed E-state index contributed by atoms with van der Waals surface area (Å²) in [7, 11) is 1.93. The van der Waals surface area contributed by atoms with Gasteiger partial charge in [0.2, 0.25) is 5.91 Å². The van der Waals surface area contributed by atoms with Gasteiger partial charge in [0, 0.05) is 50.3 Å². The molecule has 136 valence electrons. The number of aromatic nitrogens is 3. The van der Waals surface area contributed by atoms with Crippen molar-refractivity contribution in [2.45, 2.75) is 13.3 Å². The van der Waals surface area contributed by atoms with E-state index in [0.717, 1.165) is 59.8 Å². The molecule has 1 amide bonds. The van der Waals surface area contributed by atoms with Crippen LogP contribution < -0.4 is 15.5 Å². The van der Waals surface area contributed by atoms with Crippen LogP contribution in [0.4, 0.5) is 11.5 Å². The number of aryl methyl sites for hydroxylation is 2. The van der Waals surface area contributed by atoms with E-state index in [4.69, 9.17) is 0 Å². The largest absolute Gasteiger partial charge is 0.361 e. The number of H-pyrrole nitrogens is 1. The van der Waals surface area contributed by atoms with Gasteiger partial charge in [-0.15, -0.1) is 0 Å². The molecule has 1 saturated heterocycles. The molecule has 0 aliphatic carbocycles. The van der Waals surface area contributed by atoms with Gasteiger partial charge >= 0.3 is 0 Å². The summed E-state index contributed by atoms with van der Waals surface area (Å²) in [5, 5.41) is 12.1. The molecule has 1 fully saturated rings. The third kappa shape index (κ3) is 3.06. The Balaban J connectivity index is 1.56. The van der Waals surface area contributed by atoms with Crippen molar-refractivity contribution in [1.82, 2.24) is 20.1 Å². The number of nitrogens with one attached hydrogen (secondary N) is 3. The minimum absolute atomic E-state index is 0.0257. The first kappa shape index (κ1) is 16.7. The molecule has 1 aliphatic rings. The molecule has 1 aliphatic heterocycles. The van der Waals surface area contributed by atoms with Crippen LogP contribution in [0.15, 0.2) is 30.5 Å². The van der Waals surface area contributed by atoms with Gasteiger partial charge in [0.05, 0.1) is 12.1 Å². The summed E-state index contributed by atoms with van der Waals surface area (Å²) in [5.74, 6) is 0.957. The third-order valence-electron chi connectivity index (χ3n) is 4.90. The first-order valence-electron chi connectivity index (χ1n) is 8.97. The number of piperazine rings is 1. The van der Waals surface area contributed by atoms with Gasteiger partial charge in [0.15, 0.2) is 5.82 Å². The van der Waals surface area contributed by atoms with E-state index in [1.54, 1.807) is 0 Å². The Morgan fingerprint density at radius 1 is 1.27 bits per heavy atom. The molecule has 0 spiro atoms. The average molecular weight is 352 g/mol. The number of anilines is 2. The molecule has 7 nitrogen and oxygen atoms in total. The van der Waals surface area contributed by atoms with Gasteiger partial charge in [-0.2, -0.15) is 5.10 Å². The number of aromatic amines is 1. The van der Waals surface area contributed by atoms with Crippen LogP contribution in [0.3, 0.4) is 0 Å². The zero-order chi connectivity index (χ0) is 18.1. The zero-order valence-corrected chi connectivity index (χ0v) is 15.2. The second kappa shape index (κ2) is 6.84. The van der Waals surface area contributed by atoms with Crippen molar-refractivity contribution < 1.29 is 4.79 Å². The summed E-state index contributed by atoms with van der Waals surface area (Å²) in [6.07, 6.45) is 2.25. The molecular weight excluding hydrogens is 328 g/mol. The lowest BCUT2D eigenvalue weighted by Crippen LogP contribution is -2.44. The van der Waals surface area contributed by atoms with E-state index in [2.05, 4.69) is 25.6 Å². The predicted molar refractivity (Wildman–Crippen MR) is 104 cm³/mol. The van der Waals surface area contributed by atoms with E-state index in [0.29, 0.717) is 6.42 Å². The molecule has 26 heavy (non-hydrogen) atoms. The van der Waals surface area contributed by atoms with Crippen molar-refractivity contribution in [1.29, 1.82) is 0 Å². The average Bonchev–Trinajstić information content (AvgIpc) is 3.17. The van der Waals surface area contributed by atoms with E-state index in [-0.39, 0.29) is 5.91 Å². The zero-order valence-electron chi connectivity index (χ0n) is 15.2. The summed E-state index contributed by atoms with van der Waals surface area (Å²) in [6, 6.07) is 8.03. The Bertz CT molecular complexity index is 935. The fourth-order valence-electron chi connectivity index (χ4n) is 3.67. The number of nitrogens with zero attached hydrogens (tertiary/aromatic N) is 3. The molecule has 1 aromatic carbocycles. The van der Waals surface area contributed by atoms with Crippen LogP contribution in [-0.2, 0) is 18.3 Å². The number of carbonyl (C=O) groups is 1. The van der Waals surface area contributed by atoms with Gasteiger partial charge in [-0.3, -0.25) is 9.48 Å². The normalized spacial score (nSPS) is 14.8. The van der Waals surface area contributed by atoms with Gasteiger partial charge in [-0.25, -0.2) is 0 Å². The summed E-state index contributed by atoms with van der Waals surface area (Å²) in [4.78, 5) is 18.2. The molecule has 0 saturated carbocycles. The van der Waals surface area contributed by atoms with Gasteiger partial charge < -0.3 is 20.5 Å². The predicted octanol–water partition coefficient (Wildman–Crippen LogP) is 1.80. The number of hydrogen-bond donors (Lipinski definition) is 3. The van der Waals surface area contributed by atoms with E-state index in [1.165, 1.54) is 0 Å². The third-order valence-corrected chi connectivity index (χ3v) is 4.90. The van der Waals surface area contributed by atoms with Crippen LogP contribution in [0.1, 0.15) is 11.3 Å². The van der Waals surface area contributed by atoms with Crippen LogP contribution in [0.25, 0.3) is 10.9 Å². The first-order valence-corrected chi connectivity index (χ1v) is 8.97. The maximum Gasteiger partial charge on any atom is 0.229 e. The maximum atomic E-state index is 12.7. The number of carbonyl (C=O) groups excluding carboxylic acids is 1. The number of para-hydroxylation sites is 1. The van der Waals surface area contributed by atoms with Crippen LogP contribution in [0.2, 0.25) is 0 Å². The molecule has 0 radical (unpaired) electrons. The summed E-state index contributed by atoms with van der Waals surface area (Å²) < 4.78 is 1.86. The lowest BCUT2D eigenvalue weighted by atomic mass is 10.1. The lowest BCUT2D eigenvalue weighted by molar-refractivity contribution is -0.115. The molecular formula is C19H24N6O. The smallest absolute Gasteiger partial charge is 0.229 e. The lowest BCUT2D eigenvalue weighted by Gasteiger charge is -2.30. The van der Waals surface area contributed by atoms with Crippen molar-refractivity contribution in [3.8, 4) is 0 Å². The molecule has 0 bridgehead atoms. The molecule has 7 heteroatoms. The van der Waals surface area contributed by atoms with Crippen LogP contribution in [0, 0.1) is 6.92 Å². The van der Waals surface area contributed by atoms with Gasteiger partial charge in [-0.1, -0.05) is 18.2 Å². The Labute approximate surface area is 152 Å². The molecule has 3 heterocycles. The van der Waals surface area contributed by atoms with Gasteiger partial charge in [0.1, 0.15) is 5.69 Å². The number of amides is 1. The Morgan fingerprint density at radius 2 is 2.04 bits per heavy atom. The number of rotatable bonds is 4. The van der Waals surface area contributed by atoms with Gasteiger partial charge in [-0.05, 0) is 18.6 Å². The highest BCUT2D eigenvalue weighted by Crippen LogP contribution is 2.29. The van der Waals surface area contributed by atoms with Crippen molar-refractivity contribution in [2.75, 3.05) is 36.4 Å². The Morgan fingerprint density at radius 3 is 2.85 bits per heavy atom. The molecule has 0 atom stereocenters. The summed E-state index contributed by atoms with van der Waals surface area (Å²) in [5.41, 5.74) is 3.71. The van der Waals surface area contributed by atoms with E-state index in [1.807, 2.05) is 49.1 Å². The molecule has 4 rings (SSSR count). The van der Waals surface area contributed by atoms with Crippen molar-refractivity contribution >= 4 is 28.3 Å². The van der Waals surface area contributed by atoms with E-state index < -0.39 is 0 Å². The Hall–Kier alpha value is -2.80. The fourth-order valence-corrected chi connectivity index (χ4v) is 3.67. The quantitative estimate of drug-likeness (QED) is 0.669. The Kier molecular flexibility index (Phi) is 4.38. The van der Waals surface area contributed by atoms with Crippen molar-refractivity contribution in [3.63, 3.8) is 0 Å².